The molecule has 7 nitrogen and oxygen atoms in total. The molecule has 0 fully saturated rings. The van der Waals surface area contributed by atoms with Gasteiger partial charge in [0.25, 0.3) is 0 Å². The number of pyridine rings is 2. The van der Waals surface area contributed by atoms with Gasteiger partial charge in [0.2, 0.25) is 5.91 Å². The Morgan fingerprint density at radius 1 is 1.22 bits per heavy atom. The van der Waals surface area contributed by atoms with Gasteiger partial charge in [0.1, 0.15) is 18.1 Å². The number of nitrogens with zero attached hydrogens (tertiary/aromatic N) is 5. The van der Waals surface area contributed by atoms with Crippen LogP contribution in [0.2, 0.25) is 0 Å². The molecule has 1 N–H and O–H groups in total. The second-order valence-corrected chi connectivity index (χ2v) is 6.54. The van der Waals surface area contributed by atoms with E-state index in [0.717, 1.165) is 17.8 Å². The second-order valence-electron chi connectivity index (χ2n) is 6.54. The molecule has 10 heteroatoms. The van der Waals surface area contributed by atoms with E-state index in [1.54, 1.807) is 36.7 Å². The summed E-state index contributed by atoms with van der Waals surface area (Å²) < 4.78 is 39.9. The van der Waals surface area contributed by atoms with Gasteiger partial charge in [-0.1, -0.05) is 12.7 Å². The first-order chi connectivity index (χ1) is 15.3. The summed E-state index contributed by atoms with van der Waals surface area (Å²) in [6.07, 6.45) is 6.00. The largest absolute Gasteiger partial charge is 0.433 e. The predicted molar refractivity (Wildman–Crippen MR) is 115 cm³/mol. The lowest BCUT2D eigenvalue weighted by molar-refractivity contribution is -0.141. The average molecular weight is 440 g/mol. The number of carbonyl (C=O) groups is 1. The minimum atomic E-state index is -4.54. The van der Waals surface area contributed by atoms with Crippen LogP contribution < -0.4 is 5.32 Å². The van der Waals surface area contributed by atoms with Crippen molar-refractivity contribution in [1.82, 2.24) is 19.7 Å². The fraction of sp³-hybridized carbons (Fsp3) is 0.136. The third-order valence-corrected chi connectivity index (χ3v) is 4.21. The van der Waals surface area contributed by atoms with Crippen LogP contribution in [0.15, 0.2) is 79.0 Å². The molecule has 0 aromatic carbocycles. The third-order valence-electron chi connectivity index (χ3n) is 4.21. The number of hydrogen-bond donors (Lipinski definition) is 1. The van der Waals surface area contributed by atoms with E-state index in [1.165, 1.54) is 23.1 Å². The van der Waals surface area contributed by atoms with Gasteiger partial charge in [-0.2, -0.15) is 18.3 Å². The van der Waals surface area contributed by atoms with Gasteiger partial charge in [-0.25, -0.2) is 4.98 Å². The molecule has 3 heterocycles. The highest BCUT2D eigenvalue weighted by molar-refractivity contribution is 6.08. The Bertz CT molecular complexity index is 1160. The Labute approximate surface area is 182 Å². The standard InChI is InChI=1S/C22H19F3N6O/c1-3-8-26-18(4-2)16-5-6-20(28-11-16)30-21(32)14-31-13-17(12-29-31)15-7-9-27-19(10-15)22(23,24)25/h3-13H,2,14H2,1H3,(H,28,30,32)/b8-3-,26-18+. The molecule has 3 rings (SSSR count). The summed E-state index contributed by atoms with van der Waals surface area (Å²) in [6.45, 7) is 5.43. The van der Waals surface area contributed by atoms with E-state index in [0.29, 0.717) is 22.7 Å². The number of halogens is 3. The molecule has 0 aliphatic heterocycles. The van der Waals surface area contributed by atoms with Crippen molar-refractivity contribution in [2.45, 2.75) is 19.6 Å². The van der Waals surface area contributed by atoms with E-state index in [1.807, 2.05) is 6.92 Å². The van der Waals surface area contributed by atoms with Gasteiger partial charge < -0.3 is 5.32 Å². The molecular formula is C22H19F3N6O. The third kappa shape index (κ3) is 5.75. The summed E-state index contributed by atoms with van der Waals surface area (Å²) in [7, 11) is 0. The first kappa shape index (κ1) is 22.6. The summed E-state index contributed by atoms with van der Waals surface area (Å²) in [5.74, 6) is -0.0540. The predicted octanol–water partition coefficient (Wildman–Crippen LogP) is 4.51. The zero-order valence-electron chi connectivity index (χ0n) is 17.0. The molecule has 0 aliphatic rings. The van der Waals surface area contributed by atoms with Crippen molar-refractivity contribution in [2.24, 2.45) is 4.99 Å². The van der Waals surface area contributed by atoms with Crippen molar-refractivity contribution in [2.75, 3.05) is 5.32 Å². The molecule has 0 spiro atoms. The molecule has 3 aromatic heterocycles. The van der Waals surface area contributed by atoms with E-state index < -0.39 is 17.8 Å². The number of anilines is 1. The quantitative estimate of drug-likeness (QED) is 0.548. The lowest BCUT2D eigenvalue weighted by atomic mass is 10.1. The maximum atomic E-state index is 12.9. The Morgan fingerprint density at radius 3 is 2.69 bits per heavy atom. The van der Waals surface area contributed by atoms with Crippen molar-refractivity contribution < 1.29 is 18.0 Å². The fourth-order valence-electron chi connectivity index (χ4n) is 2.71. The van der Waals surface area contributed by atoms with Crippen LogP contribution in [0, 0.1) is 0 Å². The molecule has 1 amide bonds. The Morgan fingerprint density at radius 2 is 2.03 bits per heavy atom. The lowest BCUT2D eigenvalue weighted by Crippen LogP contribution is -2.19. The summed E-state index contributed by atoms with van der Waals surface area (Å²) in [5, 5.41) is 6.69. The van der Waals surface area contributed by atoms with Crippen molar-refractivity contribution in [3.63, 3.8) is 0 Å². The maximum Gasteiger partial charge on any atom is 0.433 e. The van der Waals surface area contributed by atoms with Crippen LogP contribution in [0.5, 0.6) is 0 Å². The van der Waals surface area contributed by atoms with E-state index >= 15 is 0 Å². The fourth-order valence-corrected chi connectivity index (χ4v) is 2.71. The van der Waals surface area contributed by atoms with Gasteiger partial charge in [-0.15, -0.1) is 0 Å². The van der Waals surface area contributed by atoms with Crippen molar-refractivity contribution in [1.29, 1.82) is 0 Å². The van der Waals surface area contributed by atoms with Crippen LogP contribution in [0.25, 0.3) is 11.1 Å². The number of nitrogens with one attached hydrogen (secondary N) is 1. The molecule has 3 aromatic rings. The van der Waals surface area contributed by atoms with Crippen LogP contribution >= 0.6 is 0 Å². The summed E-state index contributed by atoms with van der Waals surface area (Å²) in [5.41, 5.74) is 1.12. The number of allylic oxidation sites excluding steroid dienone is 2. The summed E-state index contributed by atoms with van der Waals surface area (Å²) in [4.78, 5) is 24.1. The smallest absolute Gasteiger partial charge is 0.309 e. The van der Waals surface area contributed by atoms with E-state index in [9.17, 15) is 18.0 Å². The highest BCUT2D eigenvalue weighted by Crippen LogP contribution is 2.30. The second kappa shape index (κ2) is 9.82. The van der Waals surface area contributed by atoms with Gasteiger partial charge >= 0.3 is 6.18 Å². The maximum absolute atomic E-state index is 12.9. The number of carbonyl (C=O) groups excluding carboxylic acids is 1. The molecule has 0 saturated heterocycles. The normalized spacial score (nSPS) is 12.2. The summed E-state index contributed by atoms with van der Waals surface area (Å²) >= 11 is 0. The zero-order valence-corrected chi connectivity index (χ0v) is 17.0. The Balaban J connectivity index is 1.65. The van der Waals surface area contributed by atoms with Crippen LogP contribution in [-0.4, -0.2) is 31.4 Å². The molecule has 32 heavy (non-hydrogen) atoms. The number of rotatable bonds is 7. The minimum Gasteiger partial charge on any atom is -0.309 e. The molecule has 0 aliphatic carbocycles. The first-order valence-corrected chi connectivity index (χ1v) is 9.44. The van der Waals surface area contributed by atoms with Crippen molar-refractivity contribution in [3.05, 3.63) is 85.2 Å². The highest BCUT2D eigenvalue weighted by Gasteiger charge is 2.32. The zero-order chi connectivity index (χ0) is 23.1. The molecule has 0 atom stereocenters. The van der Waals surface area contributed by atoms with E-state index in [2.05, 4.69) is 32.0 Å². The first-order valence-electron chi connectivity index (χ1n) is 9.44. The molecule has 0 bridgehead atoms. The van der Waals surface area contributed by atoms with Gasteiger partial charge in [0, 0.05) is 35.9 Å². The van der Waals surface area contributed by atoms with Crippen molar-refractivity contribution in [3.8, 4) is 11.1 Å². The van der Waals surface area contributed by atoms with E-state index in [-0.39, 0.29) is 6.54 Å². The van der Waals surface area contributed by atoms with E-state index in [4.69, 9.17) is 0 Å². The minimum absolute atomic E-state index is 0.138. The number of alkyl halides is 3. The average Bonchev–Trinajstić information content (AvgIpc) is 3.23. The van der Waals surface area contributed by atoms with Gasteiger partial charge in [-0.3, -0.25) is 19.5 Å². The molecule has 0 unspecified atom stereocenters. The Hall–Kier alpha value is -4.08. The van der Waals surface area contributed by atoms with Crippen LogP contribution in [-0.2, 0) is 17.5 Å². The SMILES string of the molecule is C=C/C(=N\C=C/C)c1ccc(NC(=O)Cn2cc(-c3ccnc(C(F)(F)F)c3)cn2)nc1. The molecular weight excluding hydrogens is 421 g/mol. The lowest BCUT2D eigenvalue weighted by Gasteiger charge is -2.07. The topological polar surface area (TPSA) is 85.1 Å². The monoisotopic (exact) mass is 440 g/mol. The number of hydrogen-bond acceptors (Lipinski definition) is 5. The van der Waals surface area contributed by atoms with Gasteiger partial charge in [-0.05, 0) is 42.8 Å². The number of amides is 1. The van der Waals surface area contributed by atoms with Crippen LogP contribution in [0.3, 0.4) is 0 Å². The molecule has 164 valence electrons. The van der Waals surface area contributed by atoms with Gasteiger partial charge in [0.15, 0.2) is 0 Å². The molecule has 0 saturated carbocycles. The van der Waals surface area contributed by atoms with Crippen LogP contribution in [0.4, 0.5) is 19.0 Å². The van der Waals surface area contributed by atoms with Gasteiger partial charge in [0.05, 0.1) is 11.9 Å². The molecule has 0 radical (unpaired) electrons. The number of aliphatic imine (C=N–C) groups is 1. The van der Waals surface area contributed by atoms with Crippen LogP contribution in [0.1, 0.15) is 18.2 Å². The number of aromatic nitrogens is 4. The Kier molecular flexibility index (Phi) is 6.93. The highest BCUT2D eigenvalue weighted by atomic mass is 19.4. The summed E-state index contributed by atoms with van der Waals surface area (Å²) in [6, 6.07) is 5.76. The van der Waals surface area contributed by atoms with Crippen molar-refractivity contribution >= 4 is 17.4 Å².